The Morgan fingerprint density at radius 2 is 1.48 bits per heavy atom. The van der Waals surface area contributed by atoms with Gasteiger partial charge in [-0.2, -0.15) is 0 Å². The van der Waals surface area contributed by atoms with Crippen LogP contribution in [0.1, 0.15) is 11.1 Å². The van der Waals surface area contributed by atoms with Crippen LogP contribution in [0.15, 0.2) is 53.2 Å². The zero-order chi connectivity index (χ0) is 20.8. The van der Waals surface area contributed by atoms with E-state index in [0.717, 1.165) is 11.3 Å². The van der Waals surface area contributed by atoms with Gasteiger partial charge in [0.05, 0.1) is 28.4 Å². The zero-order valence-corrected chi connectivity index (χ0v) is 16.6. The van der Waals surface area contributed by atoms with Gasteiger partial charge in [0.2, 0.25) is 5.90 Å². The minimum Gasteiger partial charge on any atom is -0.497 e. The molecule has 0 aliphatic carbocycles. The van der Waals surface area contributed by atoms with Gasteiger partial charge in [0.25, 0.3) is 0 Å². The van der Waals surface area contributed by atoms with Crippen molar-refractivity contribution in [2.75, 3.05) is 28.4 Å². The number of hydrogen-bond acceptors (Lipinski definition) is 7. The zero-order valence-electron chi connectivity index (χ0n) is 16.6. The summed E-state index contributed by atoms with van der Waals surface area (Å²) in [4.78, 5) is 16.5. The number of methoxy groups -OCH3 is 4. The molecule has 0 fully saturated rings. The molecule has 0 bridgehead atoms. The molecule has 29 heavy (non-hydrogen) atoms. The summed E-state index contributed by atoms with van der Waals surface area (Å²) in [6.07, 6.45) is 5.01. The predicted molar refractivity (Wildman–Crippen MR) is 110 cm³/mol. The third kappa shape index (κ3) is 4.57. The first-order chi connectivity index (χ1) is 14.1. The van der Waals surface area contributed by atoms with Crippen molar-refractivity contribution >= 4 is 24.0 Å². The third-order valence-corrected chi connectivity index (χ3v) is 4.20. The normalized spacial score (nSPS) is 14.7. The average Bonchev–Trinajstić information content (AvgIpc) is 3.11. The van der Waals surface area contributed by atoms with Crippen LogP contribution >= 0.6 is 0 Å². The van der Waals surface area contributed by atoms with Gasteiger partial charge in [0, 0.05) is 17.7 Å². The van der Waals surface area contributed by atoms with Gasteiger partial charge in [0.1, 0.15) is 11.5 Å². The fourth-order valence-electron chi connectivity index (χ4n) is 2.69. The standard InChI is InChI=1S/C22H21NO6/c1-25-16-8-5-14(6-9-16)7-10-21-23-17(22(24)29-21)11-15-12-19(27-3)20(28-4)13-18(15)26-2/h5-13H,1-4H3/b10-7+,17-11-. The van der Waals surface area contributed by atoms with Crippen molar-refractivity contribution in [3.63, 3.8) is 0 Å². The predicted octanol–water partition coefficient (Wildman–Crippen LogP) is 3.73. The lowest BCUT2D eigenvalue weighted by Crippen LogP contribution is -2.01. The number of carbonyl (C=O) groups excluding carboxylic acids is 1. The highest BCUT2D eigenvalue weighted by Gasteiger charge is 2.22. The van der Waals surface area contributed by atoms with E-state index in [1.165, 1.54) is 21.3 Å². The number of aliphatic imine (C=N–C) groups is 1. The van der Waals surface area contributed by atoms with Crippen LogP contribution in [0.3, 0.4) is 0 Å². The van der Waals surface area contributed by atoms with Gasteiger partial charge in [-0.15, -0.1) is 0 Å². The Bertz CT molecular complexity index is 989. The number of ether oxygens (including phenoxy) is 5. The molecule has 7 heteroatoms. The van der Waals surface area contributed by atoms with E-state index in [0.29, 0.717) is 22.8 Å². The van der Waals surface area contributed by atoms with Crippen LogP contribution < -0.4 is 18.9 Å². The van der Waals surface area contributed by atoms with E-state index in [1.807, 2.05) is 24.3 Å². The summed E-state index contributed by atoms with van der Waals surface area (Å²) in [6, 6.07) is 10.8. The third-order valence-electron chi connectivity index (χ3n) is 4.20. The molecular formula is C22H21NO6. The average molecular weight is 395 g/mol. The summed E-state index contributed by atoms with van der Waals surface area (Å²) in [7, 11) is 6.21. The number of rotatable bonds is 7. The quantitative estimate of drug-likeness (QED) is 0.525. The van der Waals surface area contributed by atoms with Gasteiger partial charge in [-0.05, 0) is 35.9 Å². The molecule has 0 amide bonds. The molecule has 1 aliphatic rings. The van der Waals surface area contributed by atoms with Crippen molar-refractivity contribution in [3.8, 4) is 23.0 Å². The number of esters is 1. The molecule has 1 aliphatic heterocycles. The summed E-state index contributed by atoms with van der Waals surface area (Å²) in [6.45, 7) is 0. The van der Waals surface area contributed by atoms with Gasteiger partial charge in [-0.25, -0.2) is 9.79 Å². The van der Waals surface area contributed by atoms with Crippen molar-refractivity contribution in [1.82, 2.24) is 0 Å². The monoisotopic (exact) mass is 395 g/mol. The summed E-state index contributed by atoms with van der Waals surface area (Å²) in [5.41, 5.74) is 1.69. The summed E-state index contributed by atoms with van der Waals surface area (Å²) in [5.74, 6) is 1.97. The fourth-order valence-corrected chi connectivity index (χ4v) is 2.69. The lowest BCUT2D eigenvalue weighted by atomic mass is 10.1. The van der Waals surface area contributed by atoms with Crippen LogP contribution in [0.25, 0.3) is 12.2 Å². The molecule has 0 radical (unpaired) electrons. The minimum atomic E-state index is -0.545. The Balaban J connectivity index is 1.87. The van der Waals surface area contributed by atoms with Crippen LogP contribution in [-0.4, -0.2) is 40.3 Å². The number of hydrogen-bond donors (Lipinski definition) is 0. The second-order valence-electron chi connectivity index (χ2n) is 5.92. The van der Waals surface area contributed by atoms with Crippen LogP contribution in [0, 0.1) is 0 Å². The Labute approximate surface area is 168 Å². The Morgan fingerprint density at radius 1 is 0.828 bits per heavy atom. The molecule has 2 aromatic carbocycles. The van der Waals surface area contributed by atoms with Crippen molar-refractivity contribution in [3.05, 3.63) is 59.3 Å². The van der Waals surface area contributed by atoms with Crippen LogP contribution in [-0.2, 0) is 9.53 Å². The molecule has 2 aromatic rings. The van der Waals surface area contributed by atoms with Crippen molar-refractivity contribution in [2.24, 2.45) is 4.99 Å². The lowest BCUT2D eigenvalue weighted by Gasteiger charge is -2.12. The topological polar surface area (TPSA) is 75.6 Å². The van der Waals surface area contributed by atoms with Crippen molar-refractivity contribution < 1.29 is 28.5 Å². The Morgan fingerprint density at radius 3 is 2.10 bits per heavy atom. The smallest absolute Gasteiger partial charge is 0.363 e. The highest BCUT2D eigenvalue weighted by Crippen LogP contribution is 2.36. The molecule has 3 rings (SSSR count). The molecule has 7 nitrogen and oxygen atoms in total. The highest BCUT2D eigenvalue weighted by atomic mass is 16.6. The van der Waals surface area contributed by atoms with E-state index >= 15 is 0 Å². The van der Waals surface area contributed by atoms with Gasteiger partial charge in [0.15, 0.2) is 17.2 Å². The summed E-state index contributed by atoms with van der Waals surface area (Å²) >= 11 is 0. The van der Waals surface area contributed by atoms with Gasteiger partial charge in [-0.3, -0.25) is 0 Å². The summed E-state index contributed by atoms with van der Waals surface area (Å²) in [5, 5.41) is 0. The minimum absolute atomic E-state index is 0.157. The van der Waals surface area contributed by atoms with E-state index in [-0.39, 0.29) is 11.6 Å². The van der Waals surface area contributed by atoms with Gasteiger partial charge in [-0.1, -0.05) is 12.1 Å². The lowest BCUT2D eigenvalue weighted by molar-refractivity contribution is -0.129. The number of carbonyl (C=O) groups is 1. The first-order valence-corrected chi connectivity index (χ1v) is 8.72. The van der Waals surface area contributed by atoms with Gasteiger partial charge >= 0.3 is 5.97 Å². The molecule has 0 atom stereocenters. The molecule has 0 spiro atoms. The first-order valence-electron chi connectivity index (χ1n) is 8.72. The molecule has 150 valence electrons. The highest BCUT2D eigenvalue weighted by molar-refractivity contribution is 6.11. The Kier molecular flexibility index (Phi) is 6.19. The van der Waals surface area contributed by atoms with E-state index in [4.69, 9.17) is 23.7 Å². The first kappa shape index (κ1) is 20.0. The molecule has 0 aromatic heterocycles. The maximum atomic E-state index is 12.2. The van der Waals surface area contributed by atoms with Crippen LogP contribution in [0.5, 0.6) is 23.0 Å². The number of cyclic esters (lactones) is 1. The van der Waals surface area contributed by atoms with Crippen molar-refractivity contribution in [2.45, 2.75) is 0 Å². The fraction of sp³-hybridized carbons (Fsp3) is 0.182. The maximum absolute atomic E-state index is 12.2. The van der Waals surface area contributed by atoms with E-state index in [9.17, 15) is 4.79 Å². The van der Waals surface area contributed by atoms with Gasteiger partial charge < -0.3 is 23.7 Å². The molecule has 0 saturated carbocycles. The molecule has 0 saturated heterocycles. The van der Waals surface area contributed by atoms with E-state index in [1.54, 1.807) is 37.5 Å². The molecular weight excluding hydrogens is 374 g/mol. The molecule has 0 unspecified atom stereocenters. The second kappa shape index (κ2) is 8.97. The largest absolute Gasteiger partial charge is 0.497 e. The van der Waals surface area contributed by atoms with Crippen LogP contribution in [0.4, 0.5) is 0 Å². The molecule has 1 heterocycles. The van der Waals surface area contributed by atoms with Crippen molar-refractivity contribution in [1.29, 1.82) is 0 Å². The summed E-state index contributed by atoms with van der Waals surface area (Å²) < 4.78 is 26.3. The second-order valence-corrected chi connectivity index (χ2v) is 5.92. The molecule has 0 N–H and O–H groups in total. The maximum Gasteiger partial charge on any atom is 0.363 e. The van der Waals surface area contributed by atoms with Crippen LogP contribution in [0.2, 0.25) is 0 Å². The Hall–Kier alpha value is -3.74. The SMILES string of the molecule is COc1ccc(/C=C/C2=NC(=C\c3cc(OC)c(OC)cc3OC)/C(=O)O2)cc1. The van der Waals surface area contributed by atoms with E-state index in [2.05, 4.69) is 4.99 Å². The number of benzene rings is 2. The van der Waals surface area contributed by atoms with E-state index < -0.39 is 5.97 Å². The number of nitrogens with zero attached hydrogens (tertiary/aromatic N) is 1.